The summed E-state index contributed by atoms with van der Waals surface area (Å²) in [6.07, 6.45) is 2.77. The summed E-state index contributed by atoms with van der Waals surface area (Å²) in [5, 5.41) is 0. The average molecular weight is 138 g/mol. The summed E-state index contributed by atoms with van der Waals surface area (Å²) in [4.78, 5) is 0. The molecule has 0 aliphatic carbocycles. The van der Waals surface area contributed by atoms with Gasteiger partial charge in [0.1, 0.15) is 5.76 Å². The summed E-state index contributed by atoms with van der Waals surface area (Å²) >= 11 is 0. The van der Waals surface area contributed by atoms with E-state index >= 15 is 0 Å². The Labute approximate surface area is 62.1 Å². The van der Waals surface area contributed by atoms with Crippen LogP contribution < -0.4 is 0 Å². The smallest absolute Gasteiger partial charge is 0.106 e. The Morgan fingerprint density at radius 3 is 2.60 bits per heavy atom. The molecule has 0 saturated carbocycles. The largest absolute Gasteiger partial charge is 0.469 e. The van der Waals surface area contributed by atoms with Crippen LogP contribution in [0.3, 0.4) is 0 Å². The fourth-order valence-corrected chi connectivity index (χ4v) is 1.15. The van der Waals surface area contributed by atoms with E-state index in [0.717, 1.165) is 12.2 Å². The quantitative estimate of drug-likeness (QED) is 0.612. The number of hydrogen-bond acceptors (Lipinski definition) is 1. The predicted octanol–water partition coefficient (Wildman–Crippen LogP) is 2.97. The van der Waals surface area contributed by atoms with Crippen molar-refractivity contribution >= 4 is 0 Å². The number of aryl methyl sites for hydroxylation is 1. The third-order valence-corrected chi connectivity index (χ3v) is 1.72. The predicted molar refractivity (Wildman–Crippen MR) is 42.2 cm³/mol. The van der Waals surface area contributed by atoms with Gasteiger partial charge < -0.3 is 4.42 Å². The van der Waals surface area contributed by atoms with Crippen molar-refractivity contribution in [3.05, 3.63) is 23.7 Å². The van der Waals surface area contributed by atoms with Gasteiger partial charge >= 0.3 is 0 Å². The van der Waals surface area contributed by atoms with Crippen LogP contribution in [-0.2, 0) is 6.42 Å². The Balaban J connectivity index is 2.90. The second-order valence-corrected chi connectivity index (χ2v) is 2.81. The van der Waals surface area contributed by atoms with Gasteiger partial charge in [-0.3, -0.25) is 0 Å². The van der Waals surface area contributed by atoms with Gasteiger partial charge in [-0.25, -0.2) is 0 Å². The van der Waals surface area contributed by atoms with E-state index in [0.29, 0.717) is 5.92 Å². The molecule has 0 bridgehead atoms. The average Bonchev–Trinajstić information content (AvgIpc) is 2.33. The van der Waals surface area contributed by atoms with E-state index in [1.54, 1.807) is 6.26 Å². The van der Waals surface area contributed by atoms with E-state index < -0.39 is 0 Å². The zero-order valence-corrected chi connectivity index (χ0v) is 6.85. The molecule has 0 radical (unpaired) electrons. The summed E-state index contributed by atoms with van der Waals surface area (Å²) in [5.41, 5.74) is 1.35. The van der Waals surface area contributed by atoms with Gasteiger partial charge in [0.15, 0.2) is 0 Å². The Hall–Kier alpha value is -0.720. The van der Waals surface area contributed by atoms with Crippen LogP contribution >= 0.6 is 0 Å². The Kier molecular flexibility index (Phi) is 2.15. The van der Waals surface area contributed by atoms with Crippen molar-refractivity contribution in [2.75, 3.05) is 0 Å². The second-order valence-electron chi connectivity index (χ2n) is 2.81. The molecule has 1 heteroatoms. The molecule has 0 amide bonds. The summed E-state index contributed by atoms with van der Waals surface area (Å²) in [7, 11) is 0. The van der Waals surface area contributed by atoms with Crippen molar-refractivity contribution in [2.45, 2.75) is 33.1 Å². The van der Waals surface area contributed by atoms with Gasteiger partial charge in [-0.15, -0.1) is 0 Å². The molecule has 0 atom stereocenters. The Morgan fingerprint density at radius 2 is 2.20 bits per heavy atom. The van der Waals surface area contributed by atoms with Crippen molar-refractivity contribution in [1.29, 1.82) is 0 Å². The van der Waals surface area contributed by atoms with Crippen LogP contribution in [-0.4, -0.2) is 0 Å². The molecular weight excluding hydrogens is 124 g/mol. The molecule has 56 valence electrons. The third-order valence-electron chi connectivity index (χ3n) is 1.72. The van der Waals surface area contributed by atoms with Crippen LogP contribution in [0.25, 0.3) is 0 Å². The van der Waals surface area contributed by atoms with Crippen molar-refractivity contribution in [3.63, 3.8) is 0 Å². The number of rotatable bonds is 2. The van der Waals surface area contributed by atoms with Gasteiger partial charge in [0.05, 0.1) is 6.26 Å². The van der Waals surface area contributed by atoms with Crippen LogP contribution in [0.2, 0.25) is 0 Å². The molecule has 0 saturated heterocycles. The maximum Gasteiger partial charge on any atom is 0.106 e. The van der Waals surface area contributed by atoms with Gasteiger partial charge in [-0.05, 0) is 17.5 Å². The summed E-state index contributed by atoms with van der Waals surface area (Å²) < 4.78 is 5.28. The molecule has 1 aromatic rings. The molecule has 1 rings (SSSR count). The van der Waals surface area contributed by atoms with Crippen LogP contribution in [0.4, 0.5) is 0 Å². The first-order chi connectivity index (χ1) is 4.75. The minimum Gasteiger partial charge on any atom is -0.469 e. The standard InChI is InChI=1S/C9H14O/c1-4-9-8(7(2)3)5-6-10-9/h5-7H,4H2,1-3H3. The topological polar surface area (TPSA) is 13.1 Å². The van der Waals surface area contributed by atoms with Gasteiger partial charge in [0, 0.05) is 6.42 Å². The fourth-order valence-electron chi connectivity index (χ4n) is 1.15. The maximum absolute atomic E-state index is 5.28. The van der Waals surface area contributed by atoms with Crippen molar-refractivity contribution < 1.29 is 4.42 Å². The molecule has 0 aromatic carbocycles. The van der Waals surface area contributed by atoms with Crippen LogP contribution in [0.5, 0.6) is 0 Å². The summed E-state index contributed by atoms with van der Waals surface area (Å²) in [6, 6.07) is 2.06. The third kappa shape index (κ3) is 1.23. The first-order valence-corrected chi connectivity index (χ1v) is 3.82. The maximum atomic E-state index is 5.28. The van der Waals surface area contributed by atoms with Crippen molar-refractivity contribution in [2.24, 2.45) is 0 Å². The lowest BCUT2D eigenvalue weighted by Crippen LogP contribution is -1.88. The zero-order chi connectivity index (χ0) is 7.56. The van der Waals surface area contributed by atoms with E-state index in [2.05, 4.69) is 26.8 Å². The first-order valence-electron chi connectivity index (χ1n) is 3.82. The molecule has 0 N–H and O–H groups in total. The highest BCUT2D eigenvalue weighted by Gasteiger charge is 2.06. The van der Waals surface area contributed by atoms with E-state index in [1.165, 1.54) is 5.56 Å². The highest BCUT2D eigenvalue weighted by molar-refractivity contribution is 5.20. The first kappa shape index (κ1) is 7.39. The van der Waals surface area contributed by atoms with Crippen molar-refractivity contribution in [3.8, 4) is 0 Å². The highest BCUT2D eigenvalue weighted by atomic mass is 16.3. The van der Waals surface area contributed by atoms with Crippen LogP contribution in [0, 0.1) is 0 Å². The summed E-state index contributed by atoms with van der Waals surface area (Å²) in [6.45, 7) is 6.48. The molecule has 1 aromatic heterocycles. The minimum atomic E-state index is 0.591. The number of furan rings is 1. The van der Waals surface area contributed by atoms with Crippen molar-refractivity contribution in [1.82, 2.24) is 0 Å². The molecule has 1 heterocycles. The summed E-state index contributed by atoms with van der Waals surface area (Å²) in [5.74, 6) is 1.73. The van der Waals surface area contributed by atoms with Crippen LogP contribution in [0.1, 0.15) is 38.0 Å². The van der Waals surface area contributed by atoms with Gasteiger partial charge in [0.25, 0.3) is 0 Å². The lowest BCUT2D eigenvalue weighted by atomic mass is 10.0. The highest BCUT2D eigenvalue weighted by Crippen LogP contribution is 2.20. The van der Waals surface area contributed by atoms with E-state index in [-0.39, 0.29) is 0 Å². The lowest BCUT2D eigenvalue weighted by Gasteiger charge is -2.01. The molecule has 0 fully saturated rings. The molecule has 1 nitrogen and oxygen atoms in total. The Bertz CT molecular complexity index is 198. The molecule has 0 aliphatic heterocycles. The second kappa shape index (κ2) is 2.91. The van der Waals surface area contributed by atoms with Gasteiger partial charge in [-0.1, -0.05) is 20.8 Å². The monoisotopic (exact) mass is 138 g/mol. The van der Waals surface area contributed by atoms with Gasteiger partial charge in [0.2, 0.25) is 0 Å². The molecule has 0 unspecified atom stereocenters. The zero-order valence-electron chi connectivity index (χ0n) is 6.85. The SMILES string of the molecule is CCc1occc1C(C)C. The van der Waals surface area contributed by atoms with E-state index in [9.17, 15) is 0 Å². The van der Waals surface area contributed by atoms with Gasteiger partial charge in [-0.2, -0.15) is 0 Å². The lowest BCUT2D eigenvalue weighted by molar-refractivity contribution is 0.508. The van der Waals surface area contributed by atoms with E-state index in [1.807, 2.05) is 0 Å². The normalized spacial score (nSPS) is 10.8. The molecule has 10 heavy (non-hydrogen) atoms. The molecular formula is C9H14O. The minimum absolute atomic E-state index is 0.591. The molecule has 0 spiro atoms. The number of hydrogen-bond donors (Lipinski definition) is 0. The Morgan fingerprint density at radius 1 is 1.50 bits per heavy atom. The van der Waals surface area contributed by atoms with Crippen LogP contribution in [0.15, 0.2) is 16.7 Å². The fraction of sp³-hybridized carbons (Fsp3) is 0.556. The van der Waals surface area contributed by atoms with E-state index in [4.69, 9.17) is 4.42 Å². The molecule has 0 aliphatic rings.